The number of rotatable bonds is 0. The fourth-order valence-corrected chi connectivity index (χ4v) is 3.58. The molecule has 2 nitrogen and oxygen atoms in total. The van der Waals surface area contributed by atoms with E-state index in [-0.39, 0.29) is 11.5 Å². The van der Waals surface area contributed by atoms with Gasteiger partial charge in [0.2, 0.25) is 0 Å². The minimum atomic E-state index is -0.380. The number of hydrogen-bond acceptors (Lipinski definition) is 2. The number of hydrogen-bond donors (Lipinski definition) is 0. The van der Waals surface area contributed by atoms with Crippen LogP contribution in [0.2, 0.25) is 0 Å². The van der Waals surface area contributed by atoms with Gasteiger partial charge in [-0.05, 0) is 18.3 Å². The predicted octanol–water partition coefficient (Wildman–Crippen LogP) is 1.33. The molecule has 72 valence electrons. The number of Topliss-reactive ketones (excluding diaryl/α,β-unsaturated/α-hetero) is 1. The first-order valence-electron chi connectivity index (χ1n) is 5.36. The average Bonchev–Trinajstić information content (AvgIpc) is 2.81. The van der Waals surface area contributed by atoms with Crippen LogP contribution in [0.5, 0.6) is 0 Å². The van der Waals surface area contributed by atoms with Crippen molar-refractivity contribution in [3.8, 4) is 0 Å². The second-order valence-corrected chi connectivity index (χ2v) is 4.88. The molecule has 2 fully saturated rings. The van der Waals surface area contributed by atoms with Crippen LogP contribution in [0.3, 0.4) is 0 Å². The first kappa shape index (κ1) is 7.41. The smallest absolute Gasteiger partial charge is 0.174 e. The standard InChI is InChI=1S/C12H12O2/c13-11-9-4-5-10(12(11)6-14-12)8-3-1-2-7(8)9/h1,3-5,7-10H,2,6H2/t7-,8+,9+,10-,12?/m1/s1. The number of carbonyl (C=O) groups excluding carboxylic acids is 1. The fraction of sp³-hybridized carbons (Fsp3) is 0.583. The molecule has 0 amide bonds. The van der Waals surface area contributed by atoms with Crippen LogP contribution in [-0.2, 0) is 9.53 Å². The lowest BCUT2D eigenvalue weighted by Gasteiger charge is -2.43. The highest BCUT2D eigenvalue weighted by Crippen LogP contribution is 2.57. The van der Waals surface area contributed by atoms with Crippen LogP contribution in [0.25, 0.3) is 0 Å². The van der Waals surface area contributed by atoms with Gasteiger partial charge in [0, 0.05) is 11.8 Å². The van der Waals surface area contributed by atoms with Gasteiger partial charge in [-0.2, -0.15) is 0 Å². The Labute approximate surface area is 82.6 Å². The molecule has 1 saturated heterocycles. The van der Waals surface area contributed by atoms with Gasteiger partial charge in [-0.1, -0.05) is 24.3 Å². The molecule has 14 heavy (non-hydrogen) atoms. The molecule has 5 aliphatic rings. The van der Waals surface area contributed by atoms with Gasteiger partial charge in [-0.25, -0.2) is 0 Å². The van der Waals surface area contributed by atoms with E-state index in [4.69, 9.17) is 4.74 Å². The van der Waals surface area contributed by atoms with Crippen LogP contribution in [0, 0.1) is 23.7 Å². The van der Waals surface area contributed by atoms with Gasteiger partial charge in [-0.3, -0.25) is 4.79 Å². The maximum absolute atomic E-state index is 12.1. The summed E-state index contributed by atoms with van der Waals surface area (Å²) >= 11 is 0. The maximum atomic E-state index is 12.1. The van der Waals surface area contributed by atoms with Crippen LogP contribution in [0.15, 0.2) is 24.3 Å². The van der Waals surface area contributed by atoms with Crippen LogP contribution in [-0.4, -0.2) is 18.0 Å². The Morgan fingerprint density at radius 2 is 2.21 bits per heavy atom. The SMILES string of the molecule is O=C1[C@H]2C=C[C@H]([C@H]3C=CC[C@H]32)C12CO2. The lowest BCUT2D eigenvalue weighted by atomic mass is 9.58. The zero-order valence-corrected chi connectivity index (χ0v) is 7.85. The third kappa shape index (κ3) is 0.611. The minimum Gasteiger partial charge on any atom is -0.361 e. The summed E-state index contributed by atoms with van der Waals surface area (Å²) in [6.45, 7) is 0.661. The molecule has 1 heterocycles. The van der Waals surface area contributed by atoms with Crippen molar-refractivity contribution in [2.24, 2.45) is 23.7 Å². The lowest BCUT2D eigenvalue weighted by Crippen LogP contribution is -2.52. The maximum Gasteiger partial charge on any atom is 0.174 e. The van der Waals surface area contributed by atoms with Crippen LogP contribution in [0.4, 0.5) is 0 Å². The number of allylic oxidation sites excluding steroid dienone is 3. The van der Waals surface area contributed by atoms with Crippen molar-refractivity contribution in [2.45, 2.75) is 12.0 Å². The first-order chi connectivity index (χ1) is 6.83. The molecular weight excluding hydrogens is 176 g/mol. The summed E-state index contributed by atoms with van der Waals surface area (Å²) in [6.07, 6.45) is 9.95. The quantitative estimate of drug-likeness (QED) is 0.424. The molecule has 0 radical (unpaired) electrons. The van der Waals surface area contributed by atoms with Crippen molar-refractivity contribution in [2.75, 3.05) is 6.61 Å². The van der Waals surface area contributed by atoms with Gasteiger partial charge < -0.3 is 4.74 Å². The number of carbonyl (C=O) groups is 1. The first-order valence-corrected chi connectivity index (χ1v) is 5.36. The van der Waals surface area contributed by atoms with Crippen molar-refractivity contribution in [3.63, 3.8) is 0 Å². The van der Waals surface area contributed by atoms with E-state index in [9.17, 15) is 4.79 Å². The van der Waals surface area contributed by atoms with E-state index in [1.807, 2.05) is 0 Å². The molecule has 0 aromatic rings. The Morgan fingerprint density at radius 1 is 1.36 bits per heavy atom. The van der Waals surface area contributed by atoms with E-state index in [2.05, 4.69) is 24.3 Å². The molecule has 1 aliphatic heterocycles. The molecule has 0 aromatic carbocycles. The fourth-order valence-electron chi connectivity index (χ4n) is 3.58. The van der Waals surface area contributed by atoms with E-state index in [0.717, 1.165) is 6.42 Å². The van der Waals surface area contributed by atoms with Crippen molar-refractivity contribution in [1.29, 1.82) is 0 Å². The largest absolute Gasteiger partial charge is 0.361 e. The highest BCUT2D eigenvalue weighted by atomic mass is 16.6. The Kier molecular flexibility index (Phi) is 1.08. The summed E-state index contributed by atoms with van der Waals surface area (Å²) in [7, 11) is 0. The second-order valence-electron chi connectivity index (χ2n) is 4.88. The van der Waals surface area contributed by atoms with Gasteiger partial charge in [0.15, 0.2) is 11.4 Å². The summed E-state index contributed by atoms with van der Waals surface area (Å²) in [4.78, 5) is 12.1. The van der Waals surface area contributed by atoms with Crippen molar-refractivity contribution >= 4 is 5.78 Å². The zero-order chi connectivity index (χ0) is 9.34. The van der Waals surface area contributed by atoms with Gasteiger partial charge in [-0.15, -0.1) is 0 Å². The molecule has 1 unspecified atom stereocenters. The second kappa shape index (κ2) is 2.03. The van der Waals surface area contributed by atoms with Crippen molar-refractivity contribution in [3.05, 3.63) is 24.3 Å². The summed E-state index contributed by atoms with van der Waals surface area (Å²) in [5.41, 5.74) is -0.380. The highest BCUT2D eigenvalue weighted by Gasteiger charge is 2.67. The minimum absolute atomic E-state index is 0.141. The van der Waals surface area contributed by atoms with E-state index in [0.29, 0.717) is 30.1 Å². The van der Waals surface area contributed by atoms with E-state index < -0.39 is 0 Å². The number of ether oxygens (including phenoxy) is 1. The molecule has 5 atom stereocenters. The van der Waals surface area contributed by atoms with E-state index in [1.54, 1.807) is 0 Å². The van der Waals surface area contributed by atoms with Crippen LogP contribution >= 0.6 is 0 Å². The highest BCUT2D eigenvalue weighted by molar-refractivity contribution is 5.96. The Morgan fingerprint density at radius 3 is 3.00 bits per heavy atom. The van der Waals surface area contributed by atoms with Gasteiger partial charge in [0.1, 0.15) is 0 Å². The van der Waals surface area contributed by atoms with Crippen LogP contribution < -0.4 is 0 Å². The molecule has 2 heteroatoms. The molecule has 0 aromatic heterocycles. The predicted molar refractivity (Wildman–Crippen MR) is 50.5 cm³/mol. The molecule has 2 bridgehead atoms. The average molecular weight is 188 g/mol. The van der Waals surface area contributed by atoms with Crippen molar-refractivity contribution < 1.29 is 9.53 Å². The van der Waals surface area contributed by atoms with Crippen LogP contribution in [0.1, 0.15) is 6.42 Å². The third-order valence-corrected chi connectivity index (χ3v) is 4.38. The van der Waals surface area contributed by atoms with E-state index in [1.165, 1.54) is 0 Å². The number of ketones is 1. The molecule has 1 saturated carbocycles. The summed E-state index contributed by atoms with van der Waals surface area (Å²) in [5, 5.41) is 0. The Hall–Kier alpha value is -0.890. The zero-order valence-electron chi connectivity index (χ0n) is 7.85. The normalized spacial score (nSPS) is 57.0. The molecule has 0 N–H and O–H groups in total. The molecule has 4 aliphatic carbocycles. The Balaban J connectivity index is 1.89. The summed E-state index contributed by atoms with van der Waals surface area (Å²) < 4.78 is 5.46. The number of epoxide rings is 1. The lowest BCUT2D eigenvalue weighted by molar-refractivity contribution is -0.135. The monoisotopic (exact) mass is 188 g/mol. The van der Waals surface area contributed by atoms with E-state index >= 15 is 0 Å². The Bertz CT molecular complexity index is 376. The third-order valence-electron chi connectivity index (χ3n) is 4.38. The van der Waals surface area contributed by atoms with Crippen molar-refractivity contribution in [1.82, 2.24) is 0 Å². The van der Waals surface area contributed by atoms with Gasteiger partial charge >= 0.3 is 0 Å². The van der Waals surface area contributed by atoms with Gasteiger partial charge in [0.25, 0.3) is 0 Å². The molecule has 5 rings (SSSR count). The molecule has 1 spiro atoms. The summed E-state index contributed by atoms with van der Waals surface area (Å²) in [5.74, 6) is 1.96. The van der Waals surface area contributed by atoms with Gasteiger partial charge in [0.05, 0.1) is 6.61 Å². The topological polar surface area (TPSA) is 29.6 Å². The summed E-state index contributed by atoms with van der Waals surface area (Å²) in [6, 6.07) is 0. The molecular formula is C12H12O2.